The van der Waals surface area contributed by atoms with Gasteiger partial charge < -0.3 is 9.47 Å². The topological polar surface area (TPSA) is 35.5 Å². The van der Waals surface area contributed by atoms with Crippen LogP contribution in [0.15, 0.2) is 42.5 Å². The van der Waals surface area contributed by atoms with E-state index in [4.69, 9.17) is 21.1 Å². The molecule has 0 amide bonds. The average Bonchev–Trinajstić information content (AvgIpc) is 2.40. The molecule has 0 atom stereocenters. The summed E-state index contributed by atoms with van der Waals surface area (Å²) >= 11 is 5.91. The SMILES string of the molecule is COc1ccc(Oc2ccc(C=O)c(Cl)c2)cc1. The molecule has 2 aromatic rings. The van der Waals surface area contributed by atoms with Gasteiger partial charge >= 0.3 is 0 Å². The lowest BCUT2D eigenvalue weighted by atomic mass is 10.2. The number of aldehydes is 1. The molecule has 18 heavy (non-hydrogen) atoms. The van der Waals surface area contributed by atoms with Crippen LogP contribution in [0.2, 0.25) is 5.02 Å². The zero-order chi connectivity index (χ0) is 13.0. The molecule has 0 heterocycles. The Morgan fingerprint density at radius 1 is 1.00 bits per heavy atom. The van der Waals surface area contributed by atoms with Gasteiger partial charge in [-0.1, -0.05) is 11.6 Å². The van der Waals surface area contributed by atoms with Crippen LogP contribution < -0.4 is 9.47 Å². The third-order valence-corrected chi connectivity index (χ3v) is 2.72. The van der Waals surface area contributed by atoms with Gasteiger partial charge in [0.15, 0.2) is 6.29 Å². The van der Waals surface area contributed by atoms with Gasteiger partial charge in [0.2, 0.25) is 0 Å². The molecule has 0 aliphatic heterocycles. The molecule has 0 aromatic heterocycles. The average molecular weight is 263 g/mol. The van der Waals surface area contributed by atoms with E-state index in [1.807, 2.05) is 0 Å². The summed E-state index contributed by atoms with van der Waals surface area (Å²) in [5.74, 6) is 2.01. The summed E-state index contributed by atoms with van der Waals surface area (Å²) in [5.41, 5.74) is 0.443. The van der Waals surface area contributed by atoms with Crippen LogP contribution in [0.5, 0.6) is 17.2 Å². The first-order valence-electron chi connectivity index (χ1n) is 5.29. The van der Waals surface area contributed by atoms with Gasteiger partial charge in [-0.2, -0.15) is 0 Å². The Morgan fingerprint density at radius 2 is 1.61 bits per heavy atom. The van der Waals surface area contributed by atoms with Crippen LogP contribution in [0, 0.1) is 0 Å². The molecule has 0 saturated carbocycles. The lowest BCUT2D eigenvalue weighted by molar-refractivity contribution is 0.112. The first-order valence-corrected chi connectivity index (χ1v) is 5.67. The third-order valence-electron chi connectivity index (χ3n) is 2.39. The van der Waals surface area contributed by atoms with Crippen LogP contribution >= 0.6 is 11.6 Å². The zero-order valence-corrected chi connectivity index (χ0v) is 10.5. The fourth-order valence-electron chi connectivity index (χ4n) is 1.45. The number of ether oxygens (including phenoxy) is 2. The quantitative estimate of drug-likeness (QED) is 0.783. The maximum Gasteiger partial charge on any atom is 0.151 e. The van der Waals surface area contributed by atoms with Gasteiger partial charge in [0.25, 0.3) is 0 Å². The summed E-state index contributed by atoms with van der Waals surface area (Å²) < 4.78 is 10.7. The first kappa shape index (κ1) is 12.5. The molecule has 0 bridgehead atoms. The second-order valence-electron chi connectivity index (χ2n) is 3.58. The van der Waals surface area contributed by atoms with E-state index in [2.05, 4.69) is 0 Å². The van der Waals surface area contributed by atoms with Crippen LogP contribution in [-0.4, -0.2) is 13.4 Å². The normalized spacial score (nSPS) is 9.89. The summed E-state index contributed by atoms with van der Waals surface area (Å²) in [6, 6.07) is 12.1. The number of hydrogen-bond donors (Lipinski definition) is 0. The minimum Gasteiger partial charge on any atom is -0.497 e. The van der Waals surface area contributed by atoms with Crippen molar-refractivity contribution in [3.63, 3.8) is 0 Å². The fraction of sp³-hybridized carbons (Fsp3) is 0.0714. The molecule has 0 saturated heterocycles. The fourth-order valence-corrected chi connectivity index (χ4v) is 1.66. The van der Waals surface area contributed by atoms with E-state index in [0.29, 0.717) is 28.4 Å². The van der Waals surface area contributed by atoms with E-state index in [1.165, 1.54) is 0 Å². The van der Waals surface area contributed by atoms with Crippen LogP contribution in [0.4, 0.5) is 0 Å². The maximum atomic E-state index is 10.6. The van der Waals surface area contributed by atoms with Crippen molar-refractivity contribution in [1.82, 2.24) is 0 Å². The second kappa shape index (κ2) is 5.56. The van der Waals surface area contributed by atoms with Crippen molar-refractivity contribution >= 4 is 17.9 Å². The molecule has 4 heteroatoms. The van der Waals surface area contributed by atoms with Crippen molar-refractivity contribution in [2.24, 2.45) is 0 Å². The Hall–Kier alpha value is -2.00. The van der Waals surface area contributed by atoms with Gasteiger partial charge in [0.1, 0.15) is 17.2 Å². The highest BCUT2D eigenvalue weighted by atomic mass is 35.5. The largest absolute Gasteiger partial charge is 0.497 e. The predicted molar refractivity (Wildman–Crippen MR) is 69.9 cm³/mol. The maximum absolute atomic E-state index is 10.6. The minimum absolute atomic E-state index is 0.371. The van der Waals surface area contributed by atoms with Crippen molar-refractivity contribution in [3.05, 3.63) is 53.1 Å². The highest BCUT2D eigenvalue weighted by molar-refractivity contribution is 6.33. The number of carbonyl (C=O) groups is 1. The lowest BCUT2D eigenvalue weighted by Crippen LogP contribution is -1.87. The third kappa shape index (κ3) is 2.81. The second-order valence-corrected chi connectivity index (χ2v) is 3.99. The van der Waals surface area contributed by atoms with E-state index in [1.54, 1.807) is 49.6 Å². The summed E-state index contributed by atoms with van der Waals surface area (Å²) in [5, 5.41) is 0.371. The zero-order valence-electron chi connectivity index (χ0n) is 9.72. The van der Waals surface area contributed by atoms with Crippen LogP contribution in [0.1, 0.15) is 10.4 Å². The van der Waals surface area contributed by atoms with Crippen molar-refractivity contribution in [3.8, 4) is 17.2 Å². The van der Waals surface area contributed by atoms with E-state index in [-0.39, 0.29) is 0 Å². The van der Waals surface area contributed by atoms with Crippen molar-refractivity contribution in [2.45, 2.75) is 0 Å². The predicted octanol–water partition coefficient (Wildman–Crippen LogP) is 3.95. The summed E-state index contributed by atoms with van der Waals surface area (Å²) in [6.07, 6.45) is 0.708. The van der Waals surface area contributed by atoms with Gasteiger partial charge in [-0.3, -0.25) is 4.79 Å². The molecule has 0 radical (unpaired) electrons. The number of halogens is 1. The molecule has 92 valence electrons. The van der Waals surface area contributed by atoms with Gasteiger partial charge in [0, 0.05) is 11.6 Å². The van der Waals surface area contributed by atoms with E-state index in [0.717, 1.165) is 5.75 Å². The van der Waals surface area contributed by atoms with E-state index >= 15 is 0 Å². The molecule has 0 spiro atoms. The summed E-state index contributed by atoms with van der Waals surface area (Å²) in [7, 11) is 1.60. The number of rotatable bonds is 4. The van der Waals surface area contributed by atoms with Crippen LogP contribution in [0.25, 0.3) is 0 Å². The van der Waals surface area contributed by atoms with E-state index in [9.17, 15) is 4.79 Å². The van der Waals surface area contributed by atoms with Gasteiger partial charge in [-0.15, -0.1) is 0 Å². The Bertz CT molecular complexity index is 549. The monoisotopic (exact) mass is 262 g/mol. The van der Waals surface area contributed by atoms with Gasteiger partial charge in [-0.25, -0.2) is 0 Å². The number of methoxy groups -OCH3 is 1. The molecule has 0 fully saturated rings. The lowest BCUT2D eigenvalue weighted by Gasteiger charge is -2.07. The Morgan fingerprint density at radius 3 is 2.17 bits per heavy atom. The Balaban J connectivity index is 2.17. The molecule has 2 aromatic carbocycles. The minimum atomic E-state index is 0.371. The van der Waals surface area contributed by atoms with Crippen molar-refractivity contribution in [1.29, 1.82) is 0 Å². The summed E-state index contributed by atoms with van der Waals surface area (Å²) in [6.45, 7) is 0. The highest BCUT2D eigenvalue weighted by Crippen LogP contribution is 2.27. The highest BCUT2D eigenvalue weighted by Gasteiger charge is 2.03. The molecule has 0 N–H and O–H groups in total. The number of benzene rings is 2. The van der Waals surface area contributed by atoms with Crippen LogP contribution in [-0.2, 0) is 0 Å². The molecule has 3 nitrogen and oxygen atoms in total. The molecule has 0 aliphatic rings. The van der Waals surface area contributed by atoms with Crippen molar-refractivity contribution in [2.75, 3.05) is 7.11 Å². The first-order chi connectivity index (χ1) is 8.72. The standard InChI is InChI=1S/C14H11ClO3/c1-17-11-4-6-12(7-5-11)18-13-3-2-10(9-16)14(15)8-13/h2-9H,1H3. The molecule has 0 aliphatic carbocycles. The summed E-state index contributed by atoms with van der Waals surface area (Å²) in [4.78, 5) is 10.6. The number of carbonyl (C=O) groups excluding carboxylic acids is 1. The Labute approximate surface area is 110 Å². The van der Waals surface area contributed by atoms with Gasteiger partial charge in [-0.05, 0) is 36.4 Å². The van der Waals surface area contributed by atoms with Gasteiger partial charge in [0.05, 0.1) is 12.1 Å². The van der Waals surface area contributed by atoms with Crippen molar-refractivity contribution < 1.29 is 14.3 Å². The molecule has 0 unspecified atom stereocenters. The molecule has 2 rings (SSSR count). The number of hydrogen-bond acceptors (Lipinski definition) is 3. The molecular weight excluding hydrogens is 252 g/mol. The van der Waals surface area contributed by atoms with E-state index < -0.39 is 0 Å². The molecular formula is C14H11ClO3. The smallest absolute Gasteiger partial charge is 0.151 e. The Kier molecular flexibility index (Phi) is 3.85. The van der Waals surface area contributed by atoms with Crippen LogP contribution in [0.3, 0.4) is 0 Å².